The Morgan fingerprint density at radius 3 is 2.85 bits per heavy atom. The summed E-state index contributed by atoms with van der Waals surface area (Å²) >= 11 is 1.13. The summed E-state index contributed by atoms with van der Waals surface area (Å²) in [5.74, 6) is 6.51. The second-order valence-corrected chi connectivity index (χ2v) is 6.20. The zero-order valence-electron chi connectivity index (χ0n) is 13.8. The Kier molecular flexibility index (Phi) is 5.37. The number of halogens is 1. The second kappa shape index (κ2) is 7.87. The molecule has 0 unspecified atom stereocenters. The van der Waals surface area contributed by atoms with Crippen molar-refractivity contribution in [1.82, 2.24) is 14.9 Å². The van der Waals surface area contributed by atoms with Crippen molar-refractivity contribution >= 4 is 23.4 Å². The molecule has 0 saturated heterocycles. The number of hydrogen-bond acceptors (Lipinski definition) is 6. The predicted octanol–water partition coefficient (Wildman–Crippen LogP) is 2.54. The van der Waals surface area contributed by atoms with E-state index in [0.29, 0.717) is 22.4 Å². The van der Waals surface area contributed by atoms with Gasteiger partial charge >= 0.3 is 0 Å². The van der Waals surface area contributed by atoms with Crippen LogP contribution in [0.1, 0.15) is 0 Å². The van der Waals surface area contributed by atoms with Crippen LogP contribution in [0.2, 0.25) is 0 Å². The van der Waals surface area contributed by atoms with Crippen molar-refractivity contribution in [2.24, 2.45) is 0 Å². The van der Waals surface area contributed by atoms with Crippen molar-refractivity contribution < 1.29 is 13.9 Å². The van der Waals surface area contributed by atoms with Gasteiger partial charge in [0.05, 0.1) is 12.9 Å². The van der Waals surface area contributed by atoms with Crippen molar-refractivity contribution in [3.8, 4) is 17.1 Å². The van der Waals surface area contributed by atoms with Gasteiger partial charge in [0, 0.05) is 11.3 Å². The lowest BCUT2D eigenvalue weighted by atomic mass is 10.2. The Hall–Kier alpha value is -3.07. The molecule has 26 heavy (non-hydrogen) atoms. The number of thioether (sulfide) groups is 1. The van der Waals surface area contributed by atoms with E-state index in [1.54, 1.807) is 19.2 Å². The number of aromatic nitrogens is 3. The maximum Gasteiger partial charge on any atom is 0.234 e. The van der Waals surface area contributed by atoms with Gasteiger partial charge in [-0.2, -0.15) is 0 Å². The first kappa shape index (κ1) is 17.7. The van der Waals surface area contributed by atoms with Crippen molar-refractivity contribution in [3.63, 3.8) is 0 Å². The number of nitrogen functional groups attached to an aromatic ring is 1. The first-order valence-electron chi connectivity index (χ1n) is 7.60. The first-order valence-corrected chi connectivity index (χ1v) is 8.58. The highest BCUT2D eigenvalue weighted by atomic mass is 32.2. The van der Waals surface area contributed by atoms with Gasteiger partial charge in [-0.3, -0.25) is 4.79 Å². The molecule has 1 aromatic heterocycles. The largest absolute Gasteiger partial charge is 0.497 e. The summed E-state index contributed by atoms with van der Waals surface area (Å²) in [6, 6.07) is 12.9. The number of anilines is 1. The average molecular weight is 373 g/mol. The number of hydrogen-bond donors (Lipinski definition) is 2. The predicted molar refractivity (Wildman–Crippen MR) is 97.9 cm³/mol. The number of nitrogens with one attached hydrogen (secondary N) is 1. The molecular formula is C17H16FN5O2S. The molecule has 3 aromatic rings. The normalized spacial score (nSPS) is 10.5. The molecule has 3 rings (SSSR count). The molecule has 0 fully saturated rings. The van der Waals surface area contributed by atoms with E-state index in [1.807, 2.05) is 18.2 Å². The summed E-state index contributed by atoms with van der Waals surface area (Å²) in [4.78, 5) is 12.0. The third-order valence-corrected chi connectivity index (χ3v) is 4.38. The molecule has 0 atom stereocenters. The molecule has 9 heteroatoms. The minimum Gasteiger partial charge on any atom is -0.497 e. The summed E-state index contributed by atoms with van der Waals surface area (Å²) in [6.45, 7) is 0. The van der Waals surface area contributed by atoms with Crippen LogP contribution in [0.5, 0.6) is 5.75 Å². The van der Waals surface area contributed by atoms with Gasteiger partial charge in [-0.1, -0.05) is 30.0 Å². The zero-order chi connectivity index (χ0) is 18.5. The molecule has 3 N–H and O–H groups in total. The van der Waals surface area contributed by atoms with Crippen LogP contribution in [0.4, 0.5) is 10.1 Å². The molecule has 134 valence electrons. The van der Waals surface area contributed by atoms with Crippen LogP contribution in [-0.4, -0.2) is 33.6 Å². The van der Waals surface area contributed by atoms with Gasteiger partial charge in [0.2, 0.25) is 11.1 Å². The Morgan fingerprint density at radius 2 is 2.08 bits per heavy atom. The third-order valence-electron chi connectivity index (χ3n) is 3.43. The van der Waals surface area contributed by atoms with Crippen LogP contribution < -0.4 is 15.9 Å². The number of carbonyl (C=O) groups is 1. The highest BCUT2D eigenvalue weighted by molar-refractivity contribution is 7.99. The fourth-order valence-corrected chi connectivity index (χ4v) is 2.88. The SMILES string of the molecule is COc1cccc(-c2nnc(SCC(=O)Nc3cccc(F)c3)n2N)c1. The lowest BCUT2D eigenvalue weighted by Gasteiger charge is -2.06. The Labute approximate surface area is 153 Å². The number of rotatable bonds is 6. The number of nitrogens with two attached hydrogens (primary N) is 1. The van der Waals surface area contributed by atoms with Gasteiger partial charge in [0.1, 0.15) is 11.6 Å². The van der Waals surface area contributed by atoms with Crippen LogP contribution in [0.15, 0.2) is 53.7 Å². The maximum absolute atomic E-state index is 13.1. The van der Waals surface area contributed by atoms with Crippen molar-refractivity contribution in [2.75, 3.05) is 24.0 Å². The number of carbonyl (C=O) groups excluding carboxylic acids is 1. The van der Waals surface area contributed by atoms with E-state index < -0.39 is 5.82 Å². The molecular weight excluding hydrogens is 357 g/mol. The van der Waals surface area contributed by atoms with Gasteiger partial charge in [-0.25, -0.2) is 9.07 Å². The highest BCUT2D eigenvalue weighted by Crippen LogP contribution is 2.24. The van der Waals surface area contributed by atoms with Crippen molar-refractivity contribution in [1.29, 1.82) is 0 Å². The lowest BCUT2D eigenvalue weighted by Crippen LogP contribution is -2.16. The van der Waals surface area contributed by atoms with Gasteiger partial charge in [-0.05, 0) is 30.3 Å². The fourth-order valence-electron chi connectivity index (χ4n) is 2.23. The molecule has 0 saturated carbocycles. The lowest BCUT2D eigenvalue weighted by molar-refractivity contribution is -0.113. The van der Waals surface area contributed by atoms with Crippen LogP contribution in [-0.2, 0) is 4.79 Å². The second-order valence-electron chi connectivity index (χ2n) is 5.26. The first-order chi connectivity index (χ1) is 12.6. The van der Waals surface area contributed by atoms with Crippen molar-refractivity contribution in [2.45, 2.75) is 5.16 Å². The fraction of sp³-hybridized carbons (Fsp3) is 0.118. The van der Waals surface area contributed by atoms with Crippen LogP contribution in [0.25, 0.3) is 11.4 Å². The van der Waals surface area contributed by atoms with Gasteiger partial charge < -0.3 is 15.9 Å². The smallest absolute Gasteiger partial charge is 0.234 e. The van der Waals surface area contributed by atoms with E-state index in [1.165, 1.54) is 22.9 Å². The molecule has 2 aromatic carbocycles. The minimum atomic E-state index is -0.417. The Balaban J connectivity index is 1.65. The minimum absolute atomic E-state index is 0.0595. The van der Waals surface area contributed by atoms with E-state index in [4.69, 9.17) is 10.6 Å². The number of benzene rings is 2. The molecule has 0 aliphatic heterocycles. The Morgan fingerprint density at radius 1 is 1.27 bits per heavy atom. The summed E-state index contributed by atoms with van der Waals surface area (Å²) in [7, 11) is 1.57. The van der Waals surface area contributed by atoms with Gasteiger partial charge in [0.25, 0.3) is 0 Å². The number of methoxy groups -OCH3 is 1. The van der Waals surface area contributed by atoms with E-state index >= 15 is 0 Å². The van der Waals surface area contributed by atoms with Crippen LogP contribution in [0.3, 0.4) is 0 Å². The van der Waals surface area contributed by atoms with Crippen LogP contribution >= 0.6 is 11.8 Å². The maximum atomic E-state index is 13.1. The molecule has 0 spiro atoms. The molecule has 0 aliphatic rings. The number of ether oxygens (including phenoxy) is 1. The van der Waals surface area contributed by atoms with Crippen LogP contribution in [0, 0.1) is 5.82 Å². The average Bonchev–Trinajstić information content (AvgIpc) is 3.00. The molecule has 0 aliphatic carbocycles. The summed E-state index contributed by atoms with van der Waals surface area (Å²) in [6.07, 6.45) is 0. The molecule has 0 radical (unpaired) electrons. The summed E-state index contributed by atoms with van der Waals surface area (Å²) < 4.78 is 19.6. The number of amides is 1. The monoisotopic (exact) mass is 373 g/mol. The summed E-state index contributed by atoms with van der Waals surface area (Å²) in [5.41, 5.74) is 1.14. The third kappa shape index (κ3) is 4.12. The summed E-state index contributed by atoms with van der Waals surface area (Å²) in [5, 5.41) is 11.1. The van der Waals surface area contributed by atoms with Crippen molar-refractivity contribution in [3.05, 3.63) is 54.3 Å². The Bertz CT molecular complexity index is 931. The molecule has 1 heterocycles. The standard InChI is InChI=1S/C17H16FN5O2S/c1-25-14-7-2-4-11(8-14)16-21-22-17(23(16)19)26-10-15(24)20-13-6-3-5-12(18)9-13/h2-9H,10,19H2,1H3,(H,20,24). The number of nitrogens with zero attached hydrogens (tertiary/aromatic N) is 3. The van der Waals surface area contributed by atoms with E-state index in [2.05, 4.69) is 15.5 Å². The van der Waals surface area contributed by atoms with E-state index in [9.17, 15) is 9.18 Å². The molecule has 7 nitrogen and oxygen atoms in total. The topological polar surface area (TPSA) is 95.1 Å². The van der Waals surface area contributed by atoms with Gasteiger partial charge in [0.15, 0.2) is 5.82 Å². The highest BCUT2D eigenvalue weighted by Gasteiger charge is 2.14. The molecule has 0 bridgehead atoms. The van der Waals surface area contributed by atoms with E-state index in [0.717, 1.165) is 17.3 Å². The van der Waals surface area contributed by atoms with E-state index in [-0.39, 0.29) is 11.7 Å². The zero-order valence-corrected chi connectivity index (χ0v) is 14.7. The van der Waals surface area contributed by atoms with Gasteiger partial charge in [-0.15, -0.1) is 10.2 Å². The quantitative estimate of drug-likeness (QED) is 0.509. The molecule has 1 amide bonds.